The molecule has 0 bridgehead atoms. The number of carboxylic acids is 1. The van der Waals surface area contributed by atoms with Gasteiger partial charge in [-0.15, -0.1) is 11.3 Å². The third-order valence-corrected chi connectivity index (χ3v) is 4.12. The predicted octanol–water partition coefficient (Wildman–Crippen LogP) is 3.61. The first kappa shape index (κ1) is 12.0. The van der Waals surface area contributed by atoms with Crippen LogP contribution in [0.1, 0.15) is 43.2 Å². The number of rotatable bonds is 3. The van der Waals surface area contributed by atoms with E-state index < -0.39 is 11.9 Å². The minimum Gasteiger partial charge on any atom is -0.481 e. The van der Waals surface area contributed by atoms with Gasteiger partial charge < -0.3 is 5.11 Å². The number of nitrogens with zero attached hydrogens (tertiary/aromatic N) is 1. The molecule has 90 valence electrons. The van der Waals surface area contributed by atoms with Crippen molar-refractivity contribution in [1.29, 1.82) is 0 Å². The van der Waals surface area contributed by atoms with E-state index in [1.165, 1.54) is 0 Å². The normalized spacial score (nSPS) is 13.2. The fraction of sp³-hybridized carbons (Fsp3) is 0.385. The van der Waals surface area contributed by atoms with Gasteiger partial charge in [0.25, 0.3) is 0 Å². The number of aliphatic carboxylic acids is 1. The molecule has 1 aromatic heterocycles. The third kappa shape index (κ3) is 2.17. The highest BCUT2D eigenvalue weighted by molar-refractivity contribution is 7.18. The van der Waals surface area contributed by atoms with Crippen LogP contribution in [0.5, 0.6) is 0 Å². The van der Waals surface area contributed by atoms with E-state index >= 15 is 0 Å². The smallest absolute Gasteiger partial charge is 0.310 e. The summed E-state index contributed by atoms with van der Waals surface area (Å²) in [5, 5.41) is 10.1. The van der Waals surface area contributed by atoms with E-state index in [1.54, 1.807) is 18.3 Å². The molecule has 2 rings (SSSR count). The quantitative estimate of drug-likeness (QED) is 0.904. The summed E-state index contributed by atoms with van der Waals surface area (Å²) in [6.45, 7) is 5.89. The zero-order valence-electron chi connectivity index (χ0n) is 10.1. The summed E-state index contributed by atoms with van der Waals surface area (Å²) in [6, 6.07) is 5.75. The number of benzene rings is 1. The number of para-hydroxylation sites is 1. The molecule has 3 nitrogen and oxygen atoms in total. The van der Waals surface area contributed by atoms with E-state index in [0.29, 0.717) is 5.92 Å². The molecule has 0 aliphatic heterocycles. The molecule has 0 radical (unpaired) electrons. The zero-order valence-corrected chi connectivity index (χ0v) is 10.9. The van der Waals surface area contributed by atoms with Crippen molar-refractivity contribution >= 4 is 27.5 Å². The third-order valence-electron chi connectivity index (χ3n) is 2.80. The Balaban J connectivity index is 2.60. The summed E-state index contributed by atoms with van der Waals surface area (Å²) in [6.07, 6.45) is 0. The second-order valence-electron chi connectivity index (χ2n) is 4.46. The number of fused-ring (bicyclic) bond motifs is 1. The van der Waals surface area contributed by atoms with E-state index in [9.17, 15) is 4.79 Å². The van der Waals surface area contributed by atoms with E-state index in [4.69, 9.17) is 5.11 Å². The lowest BCUT2D eigenvalue weighted by Gasteiger charge is -2.06. The summed E-state index contributed by atoms with van der Waals surface area (Å²) in [4.78, 5) is 15.6. The minimum atomic E-state index is -0.809. The Kier molecular flexibility index (Phi) is 3.15. The fourth-order valence-corrected chi connectivity index (χ4v) is 2.72. The topological polar surface area (TPSA) is 50.2 Å². The van der Waals surface area contributed by atoms with E-state index in [-0.39, 0.29) is 0 Å². The van der Waals surface area contributed by atoms with Crippen molar-refractivity contribution in [2.24, 2.45) is 0 Å². The highest BCUT2D eigenvalue weighted by Gasteiger charge is 2.19. The molecule has 1 heterocycles. The first-order valence-corrected chi connectivity index (χ1v) is 6.44. The number of thiazole rings is 1. The Morgan fingerprint density at radius 1 is 1.35 bits per heavy atom. The van der Waals surface area contributed by atoms with Gasteiger partial charge in [0.1, 0.15) is 0 Å². The van der Waals surface area contributed by atoms with Crippen molar-refractivity contribution < 1.29 is 9.90 Å². The first-order valence-electron chi connectivity index (χ1n) is 5.63. The van der Waals surface area contributed by atoms with Gasteiger partial charge in [-0.25, -0.2) is 4.98 Å². The van der Waals surface area contributed by atoms with Crippen molar-refractivity contribution in [1.82, 2.24) is 4.98 Å². The Hall–Kier alpha value is -1.42. The average Bonchev–Trinajstić information content (AvgIpc) is 2.71. The number of carboxylic acid groups (broad SMARTS) is 1. The maximum Gasteiger partial charge on any atom is 0.310 e. The van der Waals surface area contributed by atoms with Gasteiger partial charge in [0, 0.05) is 5.92 Å². The van der Waals surface area contributed by atoms with Crippen LogP contribution in [0, 0.1) is 0 Å². The standard InChI is InChI=1S/C13H15NO2S/c1-7(2)12-14-11-9(8(3)13(15)16)5-4-6-10(11)17-12/h4-8H,1-3H3,(H,15,16). The molecule has 1 aromatic carbocycles. The molecular formula is C13H15NO2S. The highest BCUT2D eigenvalue weighted by Crippen LogP contribution is 2.32. The number of hydrogen-bond acceptors (Lipinski definition) is 3. The molecule has 17 heavy (non-hydrogen) atoms. The van der Waals surface area contributed by atoms with Gasteiger partial charge in [0.15, 0.2) is 0 Å². The second kappa shape index (κ2) is 4.45. The average molecular weight is 249 g/mol. The van der Waals surface area contributed by atoms with Gasteiger partial charge in [-0.05, 0) is 18.6 Å². The number of hydrogen-bond donors (Lipinski definition) is 1. The van der Waals surface area contributed by atoms with Gasteiger partial charge in [-0.3, -0.25) is 4.79 Å². The van der Waals surface area contributed by atoms with Crippen LogP contribution >= 0.6 is 11.3 Å². The lowest BCUT2D eigenvalue weighted by atomic mass is 10.0. The van der Waals surface area contributed by atoms with Crippen LogP contribution in [-0.4, -0.2) is 16.1 Å². The molecule has 0 spiro atoms. The van der Waals surface area contributed by atoms with Crippen molar-refractivity contribution in [3.63, 3.8) is 0 Å². The van der Waals surface area contributed by atoms with Crippen LogP contribution in [0.25, 0.3) is 10.2 Å². The Bertz CT molecular complexity index is 560. The maximum absolute atomic E-state index is 11.1. The molecule has 0 aliphatic carbocycles. The largest absolute Gasteiger partial charge is 0.481 e. The summed E-state index contributed by atoms with van der Waals surface area (Å²) in [5.74, 6) is -0.946. The van der Waals surface area contributed by atoms with Gasteiger partial charge >= 0.3 is 5.97 Å². The van der Waals surface area contributed by atoms with Crippen molar-refractivity contribution in [3.8, 4) is 0 Å². The molecule has 0 aliphatic rings. The molecule has 4 heteroatoms. The lowest BCUT2D eigenvalue weighted by molar-refractivity contribution is -0.138. The Labute approximate surface area is 104 Å². The molecule has 1 N–H and O–H groups in total. The van der Waals surface area contributed by atoms with Gasteiger partial charge in [0.2, 0.25) is 0 Å². The molecular weight excluding hydrogens is 234 g/mol. The maximum atomic E-state index is 11.1. The van der Waals surface area contributed by atoms with Crippen LogP contribution in [-0.2, 0) is 4.79 Å². The summed E-state index contributed by atoms with van der Waals surface area (Å²) < 4.78 is 1.07. The zero-order chi connectivity index (χ0) is 12.6. The van der Waals surface area contributed by atoms with Crippen LogP contribution < -0.4 is 0 Å². The van der Waals surface area contributed by atoms with Crippen molar-refractivity contribution in [2.45, 2.75) is 32.6 Å². The van der Waals surface area contributed by atoms with Crippen LogP contribution in [0.4, 0.5) is 0 Å². The summed E-state index contributed by atoms with van der Waals surface area (Å²) in [5.41, 5.74) is 1.65. The van der Waals surface area contributed by atoms with Gasteiger partial charge in [0.05, 0.1) is 21.1 Å². The van der Waals surface area contributed by atoms with Crippen LogP contribution in [0.3, 0.4) is 0 Å². The van der Waals surface area contributed by atoms with Gasteiger partial charge in [-0.1, -0.05) is 26.0 Å². The predicted molar refractivity (Wildman–Crippen MR) is 69.8 cm³/mol. The van der Waals surface area contributed by atoms with Crippen molar-refractivity contribution in [2.75, 3.05) is 0 Å². The molecule has 0 fully saturated rings. The molecule has 1 unspecified atom stereocenters. The minimum absolute atomic E-state index is 0.375. The fourth-order valence-electron chi connectivity index (χ4n) is 1.72. The molecule has 1 atom stereocenters. The Morgan fingerprint density at radius 3 is 2.65 bits per heavy atom. The molecule has 0 saturated carbocycles. The number of carbonyl (C=O) groups is 1. The monoisotopic (exact) mass is 249 g/mol. The molecule has 0 amide bonds. The molecule has 0 saturated heterocycles. The van der Waals surface area contributed by atoms with Gasteiger partial charge in [-0.2, -0.15) is 0 Å². The van der Waals surface area contributed by atoms with Crippen LogP contribution in [0.15, 0.2) is 18.2 Å². The lowest BCUT2D eigenvalue weighted by Crippen LogP contribution is -2.07. The summed E-state index contributed by atoms with van der Waals surface area (Å²) in [7, 11) is 0. The number of aromatic nitrogens is 1. The first-order chi connectivity index (χ1) is 8.00. The second-order valence-corrected chi connectivity index (χ2v) is 5.52. The van der Waals surface area contributed by atoms with Crippen LogP contribution in [0.2, 0.25) is 0 Å². The molecule has 2 aromatic rings. The highest BCUT2D eigenvalue weighted by atomic mass is 32.1. The van der Waals surface area contributed by atoms with E-state index in [2.05, 4.69) is 18.8 Å². The van der Waals surface area contributed by atoms with E-state index in [1.807, 2.05) is 18.2 Å². The van der Waals surface area contributed by atoms with Crippen molar-refractivity contribution in [3.05, 3.63) is 28.8 Å². The van der Waals surface area contributed by atoms with E-state index in [0.717, 1.165) is 20.8 Å². The summed E-state index contributed by atoms with van der Waals surface area (Å²) >= 11 is 1.64. The SMILES string of the molecule is CC(C)c1nc2c(C(C)C(=O)O)cccc2s1. The Morgan fingerprint density at radius 2 is 2.06 bits per heavy atom.